The fourth-order valence-corrected chi connectivity index (χ4v) is 2.41. The lowest BCUT2D eigenvalue weighted by molar-refractivity contribution is 0.159. The van der Waals surface area contributed by atoms with Crippen molar-refractivity contribution in [1.82, 2.24) is 25.1 Å². The van der Waals surface area contributed by atoms with E-state index in [2.05, 4.69) is 27.4 Å². The summed E-state index contributed by atoms with van der Waals surface area (Å²) in [6.07, 6.45) is 4.84. The molecule has 2 rings (SSSR count). The van der Waals surface area contributed by atoms with E-state index in [0.717, 1.165) is 18.8 Å². The van der Waals surface area contributed by atoms with E-state index in [9.17, 15) is 0 Å². The number of likely N-dealkylation sites (N-methyl/N-ethyl adjacent to an activating group) is 1. The van der Waals surface area contributed by atoms with Gasteiger partial charge < -0.3 is 5.73 Å². The molecule has 1 aliphatic rings. The Bertz CT molecular complexity index is 336. The first-order valence-corrected chi connectivity index (χ1v) is 5.85. The molecule has 1 fully saturated rings. The average Bonchev–Trinajstić information content (AvgIpc) is 2.64. The van der Waals surface area contributed by atoms with E-state index >= 15 is 0 Å². The Hall–Kier alpha value is -1.01. The van der Waals surface area contributed by atoms with Gasteiger partial charge in [0, 0.05) is 12.1 Å². The van der Waals surface area contributed by atoms with Crippen molar-refractivity contribution in [3.8, 4) is 0 Å². The van der Waals surface area contributed by atoms with Crippen molar-refractivity contribution in [2.45, 2.75) is 44.3 Å². The minimum Gasteiger partial charge on any atom is -0.326 e. The second kappa shape index (κ2) is 4.88. The number of hydrogen-bond donors (Lipinski definition) is 1. The molecular formula is C10H20N6. The minimum absolute atomic E-state index is 0.287. The molecule has 1 saturated carbocycles. The number of nitrogens with two attached hydrogens (primary N) is 1. The first-order chi connectivity index (χ1) is 7.66. The van der Waals surface area contributed by atoms with E-state index in [4.69, 9.17) is 5.73 Å². The van der Waals surface area contributed by atoms with Crippen molar-refractivity contribution in [2.75, 3.05) is 7.05 Å². The molecule has 0 bridgehead atoms. The van der Waals surface area contributed by atoms with Crippen molar-refractivity contribution in [3.63, 3.8) is 0 Å². The SMILES string of the molecule is CN(Cc1nnn(C)n1)C1CCCCC1N. The summed E-state index contributed by atoms with van der Waals surface area (Å²) < 4.78 is 0. The van der Waals surface area contributed by atoms with Crippen LogP contribution < -0.4 is 5.73 Å². The summed E-state index contributed by atoms with van der Waals surface area (Å²) in [7, 11) is 3.87. The van der Waals surface area contributed by atoms with Crippen LogP contribution in [0.1, 0.15) is 31.5 Å². The van der Waals surface area contributed by atoms with Crippen molar-refractivity contribution in [3.05, 3.63) is 5.82 Å². The third-order valence-corrected chi connectivity index (χ3v) is 3.29. The zero-order chi connectivity index (χ0) is 11.5. The third kappa shape index (κ3) is 2.56. The van der Waals surface area contributed by atoms with Crippen molar-refractivity contribution in [1.29, 1.82) is 0 Å². The van der Waals surface area contributed by atoms with Crippen LogP contribution >= 0.6 is 0 Å². The maximum absolute atomic E-state index is 6.14. The molecule has 2 atom stereocenters. The third-order valence-electron chi connectivity index (χ3n) is 3.29. The number of aryl methyl sites for hydroxylation is 1. The molecule has 2 unspecified atom stereocenters. The van der Waals surface area contributed by atoms with E-state index in [1.165, 1.54) is 24.1 Å². The molecule has 0 spiro atoms. The maximum Gasteiger partial charge on any atom is 0.188 e. The van der Waals surface area contributed by atoms with Crippen LogP contribution in [0.25, 0.3) is 0 Å². The largest absolute Gasteiger partial charge is 0.326 e. The highest BCUT2D eigenvalue weighted by Gasteiger charge is 2.25. The van der Waals surface area contributed by atoms with E-state index in [-0.39, 0.29) is 6.04 Å². The highest BCUT2D eigenvalue weighted by Crippen LogP contribution is 2.21. The summed E-state index contributed by atoms with van der Waals surface area (Å²) in [5, 5.41) is 12.0. The number of aromatic nitrogens is 4. The second-order valence-corrected chi connectivity index (χ2v) is 4.63. The first-order valence-electron chi connectivity index (χ1n) is 5.85. The van der Waals surface area contributed by atoms with E-state index in [1.807, 2.05) is 0 Å². The van der Waals surface area contributed by atoms with Crippen LogP contribution in [0.4, 0.5) is 0 Å². The van der Waals surface area contributed by atoms with Gasteiger partial charge >= 0.3 is 0 Å². The monoisotopic (exact) mass is 224 g/mol. The van der Waals surface area contributed by atoms with Crippen LogP contribution in [0.15, 0.2) is 0 Å². The minimum atomic E-state index is 0.287. The second-order valence-electron chi connectivity index (χ2n) is 4.63. The van der Waals surface area contributed by atoms with Gasteiger partial charge in [0.05, 0.1) is 13.6 Å². The zero-order valence-electron chi connectivity index (χ0n) is 10.0. The Morgan fingerprint density at radius 2 is 2.19 bits per heavy atom. The molecule has 16 heavy (non-hydrogen) atoms. The molecule has 1 aromatic rings. The number of tetrazole rings is 1. The number of nitrogens with zero attached hydrogens (tertiary/aromatic N) is 5. The van der Waals surface area contributed by atoms with Crippen LogP contribution in [0.5, 0.6) is 0 Å². The Morgan fingerprint density at radius 1 is 1.44 bits per heavy atom. The van der Waals surface area contributed by atoms with Crippen LogP contribution in [-0.2, 0) is 13.6 Å². The van der Waals surface area contributed by atoms with Gasteiger partial charge in [-0.05, 0) is 25.1 Å². The molecule has 2 N–H and O–H groups in total. The topological polar surface area (TPSA) is 72.9 Å². The molecule has 1 aromatic heterocycles. The standard InChI is InChI=1S/C10H20N6/c1-15(7-10-12-14-16(2)13-10)9-6-4-3-5-8(9)11/h8-9H,3-7,11H2,1-2H3. The Balaban J connectivity index is 1.93. The van der Waals surface area contributed by atoms with Gasteiger partial charge in [-0.1, -0.05) is 12.8 Å². The molecule has 1 heterocycles. The summed E-state index contributed by atoms with van der Waals surface area (Å²) in [4.78, 5) is 3.74. The number of rotatable bonds is 3. The molecule has 6 heteroatoms. The van der Waals surface area contributed by atoms with Gasteiger partial charge in [-0.25, -0.2) is 0 Å². The van der Waals surface area contributed by atoms with E-state index in [1.54, 1.807) is 7.05 Å². The quantitative estimate of drug-likeness (QED) is 0.777. The fourth-order valence-electron chi connectivity index (χ4n) is 2.41. The van der Waals surface area contributed by atoms with Gasteiger partial charge in [0.25, 0.3) is 0 Å². The van der Waals surface area contributed by atoms with Gasteiger partial charge in [0.2, 0.25) is 0 Å². The predicted molar refractivity (Wildman–Crippen MR) is 60.5 cm³/mol. The fraction of sp³-hybridized carbons (Fsp3) is 0.900. The molecule has 0 amide bonds. The Kier molecular flexibility index (Phi) is 3.50. The van der Waals surface area contributed by atoms with Crippen LogP contribution in [0.2, 0.25) is 0 Å². The van der Waals surface area contributed by atoms with E-state index < -0.39 is 0 Å². The van der Waals surface area contributed by atoms with Gasteiger partial charge in [-0.3, -0.25) is 4.90 Å². The molecule has 0 aromatic carbocycles. The highest BCUT2D eigenvalue weighted by molar-refractivity contribution is 4.87. The molecule has 6 nitrogen and oxygen atoms in total. The van der Waals surface area contributed by atoms with Gasteiger partial charge in [-0.2, -0.15) is 4.80 Å². The maximum atomic E-state index is 6.14. The van der Waals surface area contributed by atoms with Gasteiger partial charge in [0.1, 0.15) is 0 Å². The van der Waals surface area contributed by atoms with Crippen LogP contribution in [0.3, 0.4) is 0 Å². The first kappa shape index (κ1) is 11.5. The molecule has 1 aliphatic carbocycles. The van der Waals surface area contributed by atoms with E-state index in [0.29, 0.717) is 6.04 Å². The summed E-state index contributed by atoms with van der Waals surface area (Å²) in [5.41, 5.74) is 6.14. The molecule has 0 aliphatic heterocycles. The molecule has 90 valence electrons. The lowest BCUT2D eigenvalue weighted by Crippen LogP contribution is -2.47. The molecular weight excluding hydrogens is 204 g/mol. The molecule has 0 saturated heterocycles. The van der Waals surface area contributed by atoms with Crippen molar-refractivity contribution >= 4 is 0 Å². The Labute approximate surface area is 95.8 Å². The normalized spacial score (nSPS) is 26.2. The molecule has 0 radical (unpaired) electrons. The van der Waals surface area contributed by atoms with Crippen LogP contribution in [0, 0.1) is 0 Å². The zero-order valence-corrected chi connectivity index (χ0v) is 10.0. The van der Waals surface area contributed by atoms with Crippen LogP contribution in [-0.4, -0.2) is 44.2 Å². The summed E-state index contributed by atoms with van der Waals surface area (Å²) in [6.45, 7) is 0.728. The number of hydrogen-bond acceptors (Lipinski definition) is 5. The lowest BCUT2D eigenvalue weighted by atomic mass is 9.90. The van der Waals surface area contributed by atoms with Crippen molar-refractivity contribution < 1.29 is 0 Å². The predicted octanol–water partition coefficient (Wildman–Crippen LogP) is -0.0882. The van der Waals surface area contributed by atoms with Gasteiger partial charge in [0.15, 0.2) is 5.82 Å². The average molecular weight is 224 g/mol. The van der Waals surface area contributed by atoms with Crippen molar-refractivity contribution in [2.24, 2.45) is 12.8 Å². The highest BCUT2D eigenvalue weighted by atomic mass is 15.6. The summed E-state index contributed by atoms with van der Waals surface area (Å²) >= 11 is 0. The summed E-state index contributed by atoms with van der Waals surface area (Å²) in [6, 6.07) is 0.743. The summed E-state index contributed by atoms with van der Waals surface area (Å²) in [5.74, 6) is 0.766. The Morgan fingerprint density at radius 3 is 2.81 bits per heavy atom. The van der Waals surface area contributed by atoms with Gasteiger partial charge in [-0.15, -0.1) is 10.2 Å². The lowest BCUT2D eigenvalue weighted by Gasteiger charge is -2.35. The smallest absolute Gasteiger partial charge is 0.188 e.